The molecule has 0 N–H and O–H groups in total. The minimum Gasteiger partial charge on any atom is -0.464 e. The van der Waals surface area contributed by atoms with Crippen LogP contribution < -0.4 is 5.06 Å². The molecule has 7 nitrogen and oxygen atoms in total. The third kappa shape index (κ3) is 4.17. The SMILES string of the molecule is COC(=O)c1nc(C2CC2)nc(N(CC=O)OCc2ccccc2)c1Cl. The zero-order valence-corrected chi connectivity index (χ0v) is 15.0. The van der Waals surface area contributed by atoms with E-state index in [2.05, 4.69) is 9.97 Å². The number of nitrogens with zero attached hydrogens (tertiary/aromatic N) is 3. The molecule has 1 aliphatic carbocycles. The van der Waals surface area contributed by atoms with E-state index in [9.17, 15) is 9.59 Å². The van der Waals surface area contributed by atoms with Crippen LogP contribution in [0.15, 0.2) is 30.3 Å². The molecular weight excluding hydrogens is 358 g/mol. The first-order chi connectivity index (χ1) is 12.6. The maximum Gasteiger partial charge on any atom is 0.358 e. The number of carbonyl (C=O) groups excluding carboxylic acids is 2. The molecule has 26 heavy (non-hydrogen) atoms. The molecule has 1 fully saturated rings. The number of methoxy groups -OCH3 is 1. The zero-order valence-electron chi connectivity index (χ0n) is 14.2. The molecule has 0 saturated heterocycles. The van der Waals surface area contributed by atoms with Crippen LogP contribution in [0.3, 0.4) is 0 Å². The van der Waals surface area contributed by atoms with Crippen molar-refractivity contribution in [1.29, 1.82) is 0 Å². The molecule has 0 radical (unpaired) electrons. The molecule has 0 amide bonds. The van der Waals surface area contributed by atoms with E-state index in [1.54, 1.807) is 0 Å². The van der Waals surface area contributed by atoms with Crippen molar-refractivity contribution in [2.75, 3.05) is 18.7 Å². The zero-order chi connectivity index (χ0) is 18.5. The van der Waals surface area contributed by atoms with Crippen LogP contribution in [-0.4, -0.2) is 35.9 Å². The van der Waals surface area contributed by atoms with Crippen molar-refractivity contribution in [2.45, 2.75) is 25.4 Å². The number of carbonyl (C=O) groups is 2. The first-order valence-electron chi connectivity index (χ1n) is 8.17. The quantitative estimate of drug-likeness (QED) is 0.398. The third-order valence-corrected chi connectivity index (χ3v) is 4.23. The number of hydrogen-bond acceptors (Lipinski definition) is 7. The molecule has 1 aliphatic rings. The number of ether oxygens (including phenoxy) is 1. The van der Waals surface area contributed by atoms with Gasteiger partial charge >= 0.3 is 5.97 Å². The van der Waals surface area contributed by atoms with Crippen LogP contribution in [0, 0.1) is 0 Å². The lowest BCUT2D eigenvalue weighted by atomic mass is 10.2. The van der Waals surface area contributed by atoms with Crippen LogP contribution in [0.2, 0.25) is 5.02 Å². The van der Waals surface area contributed by atoms with Gasteiger partial charge in [0.2, 0.25) is 0 Å². The molecule has 0 atom stereocenters. The molecule has 3 rings (SSSR count). The topological polar surface area (TPSA) is 81.6 Å². The van der Waals surface area contributed by atoms with E-state index in [-0.39, 0.29) is 35.6 Å². The van der Waals surface area contributed by atoms with Gasteiger partial charge in [-0.15, -0.1) is 0 Å². The van der Waals surface area contributed by atoms with Crippen LogP contribution in [0.1, 0.15) is 40.6 Å². The van der Waals surface area contributed by atoms with Crippen molar-refractivity contribution >= 4 is 29.7 Å². The molecule has 1 heterocycles. The highest BCUT2D eigenvalue weighted by atomic mass is 35.5. The molecule has 0 bridgehead atoms. The molecule has 1 aromatic carbocycles. The molecule has 0 unspecified atom stereocenters. The molecule has 0 spiro atoms. The monoisotopic (exact) mass is 375 g/mol. The number of benzene rings is 1. The summed E-state index contributed by atoms with van der Waals surface area (Å²) in [5.74, 6) is 0.215. The highest BCUT2D eigenvalue weighted by molar-refractivity contribution is 6.35. The Balaban J connectivity index is 1.92. The predicted molar refractivity (Wildman–Crippen MR) is 95.0 cm³/mol. The Morgan fingerprint density at radius 3 is 2.65 bits per heavy atom. The predicted octanol–water partition coefficient (Wildman–Crippen LogP) is 2.93. The second kappa shape index (κ2) is 8.25. The average molecular weight is 376 g/mol. The van der Waals surface area contributed by atoms with Crippen LogP contribution in [-0.2, 0) is 21.0 Å². The van der Waals surface area contributed by atoms with Gasteiger partial charge in [-0.2, -0.15) is 0 Å². The van der Waals surface area contributed by atoms with Gasteiger partial charge in [0.15, 0.2) is 11.5 Å². The van der Waals surface area contributed by atoms with Crippen molar-refractivity contribution in [2.24, 2.45) is 0 Å². The van der Waals surface area contributed by atoms with Crippen LogP contribution in [0.25, 0.3) is 0 Å². The summed E-state index contributed by atoms with van der Waals surface area (Å²) in [6.45, 7) is 0.135. The molecule has 2 aromatic rings. The lowest BCUT2D eigenvalue weighted by Crippen LogP contribution is -2.28. The van der Waals surface area contributed by atoms with E-state index in [4.69, 9.17) is 21.2 Å². The van der Waals surface area contributed by atoms with E-state index in [0.29, 0.717) is 12.1 Å². The van der Waals surface area contributed by atoms with E-state index in [1.165, 1.54) is 12.2 Å². The first kappa shape index (κ1) is 18.3. The second-order valence-electron chi connectivity index (χ2n) is 5.82. The number of halogens is 1. The fraction of sp³-hybridized carbons (Fsp3) is 0.333. The Bertz CT molecular complexity index is 797. The first-order valence-corrected chi connectivity index (χ1v) is 8.55. The molecule has 136 valence electrons. The van der Waals surface area contributed by atoms with Gasteiger partial charge in [0.25, 0.3) is 0 Å². The summed E-state index contributed by atoms with van der Waals surface area (Å²) in [7, 11) is 1.26. The van der Waals surface area contributed by atoms with Gasteiger partial charge < -0.3 is 9.53 Å². The maximum atomic E-state index is 12.0. The normalized spacial score (nSPS) is 13.3. The number of hydrogen-bond donors (Lipinski definition) is 0. The summed E-state index contributed by atoms with van der Waals surface area (Å²) in [6.07, 6.45) is 2.57. The van der Waals surface area contributed by atoms with E-state index >= 15 is 0 Å². The minimum atomic E-state index is -0.658. The molecule has 0 aliphatic heterocycles. The number of aldehydes is 1. The van der Waals surface area contributed by atoms with Gasteiger partial charge in [-0.05, 0) is 18.4 Å². The number of hydroxylamine groups is 1. The molecule has 1 saturated carbocycles. The number of rotatable bonds is 8. The van der Waals surface area contributed by atoms with Crippen molar-refractivity contribution in [3.05, 3.63) is 52.4 Å². The van der Waals surface area contributed by atoms with Gasteiger partial charge in [-0.3, -0.25) is 4.84 Å². The molecule has 8 heteroatoms. The molecule has 1 aromatic heterocycles. The maximum absolute atomic E-state index is 12.0. The Morgan fingerprint density at radius 2 is 2.04 bits per heavy atom. The second-order valence-corrected chi connectivity index (χ2v) is 6.20. The lowest BCUT2D eigenvalue weighted by molar-refractivity contribution is -0.108. The van der Waals surface area contributed by atoms with Gasteiger partial charge in [0.05, 0.1) is 13.7 Å². The molecular formula is C18H18ClN3O4. The number of aromatic nitrogens is 2. The van der Waals surface area contributed by atoms with Gasteiger partial charge in [-0.1, -0.05) is 41.9 Å². The fourth-order valence-corrected chi connectivity index (χ4v) is 2.62. The summed E-state index contributed by atoms with van der Waals surface area (Å²) in [6, 6.07) is 9.48. The van der Waals surface area contributed by atoms with Crippen LogP contribution in [0.5, 0.6) is 0 Å². The Hall–Kier alpha value is -2.51. The summed E-state index contributed by atoms with van der Waals surface area (Å²) >= 11 is 6.33. The van der Waals surface area contributed by atoms with Crippen molar-refractivity contribution in [3.8, 4) is 0 Å². The largest absolute Gasteiger partial charge is 0.464 e. The van der Waals surface area contributed by atoms with E-state index < -0.39 is 5.97 Å². The smallest absolute Gasteiger partial charge is 0.358 e. The van der Waals surface area contributed by atoms with Crippen molar-refractivity contribution in [3.63, 3.8) is 0 Å². The summed E-state index contributed by atoms with van der Waals surface area (Å²) in [5, 5.41) is 1.28. The van der Waals surface area contributed by atoms with E-state index in [0.717, 1.165) is 18.4 Å². The van der Waals surface area contributed by atoms with Crippen molar-refractivity contribution in [1.82, 2.24) is 9.97 Å². The van der Waals surface area contributed by atoms with Crippen molar-refractivity contribution < 1.29 is 19.2 Å². The van der Waals surface area contributed by atoms with Crippen LogP contribution in [0.4, 0.5) is 5.82 Å². The van der Waals surface area contributed by atoms with Gasteiger partial charge in [0, 0.05) is 5.92 Å². The Labute approximate surface area is 155 Å². The standard InChI is InChI=1S/C18H18ClN3O4/c1-25-18(24)15-14(19)17(21-16(20-15)13-7-8-13)22(9-10-23)26-11-12-5-3-2-4-6-12/h2-6,10,13H,7-9,11H2,1H3. The van der Waals surface area contributed by atoms with Gasteiger partial charge in [-0.25, -0.2) is 19.8 Å². The van der Waals surface area contributed by atoms with Crippen LogP contribution >= 0.6 is 11.6 Å². The summed E-state index contributed by atoms with van der Waals surface area (Å²) < 4.78 is 4.75. The fourth-order valence-electron chi connectivity index (χ4n) is 2.37. The number of esters is 1. The third-order valence-electron chi connectivity index (χ3n) is 3.88. The Morgan fingerprint density at radius 1 is 1.31 bits per heavy atom. The highest BCUT2D eigenvalue weighted by Crippen LogP contribution is 2.40. The van der Waals surface area contributed by atoms with E-state index in [1.807, 2.05) is 30.3 Å². The average Bonchev–Trinajstić information content (AvgIpc) is 3.51. The lowest BCUT2D eigenvalue weighted by Gasteiger charge is -2.22. The summed E-state index contributed by atoms with van der Waals surface area (Å²) in [4.78, 5) is 37.5. The minimum absolute atomic E-state index is 0.00355. The van der Waals surface area contributed by atoms with Gasteiger partial charge in [0.1, 0.15) is 23.7 Å². The highest BCUT2D eigenvalue weighted by Gasteiger charge is 2.31. The summed E-state index contributed by atoms with van der Waals surface area (Å²) in [5.41, 5.74) is 0.893. The number of anilines is 1. The Kier molecular flexibility index (Phi) is 5.80.